The number of fused-ring (bicyclic) bond motifs is 2. The SMILES string of the molecule is C[C@@H](Nc1cccc2c1OCCO2)C(=O)Nc1sc2c(c1C#N)CCCCC2. The van der Waals surface area contributed by atoms with Crippen LogP contribution in [0.2, 0.25) is 0 Å². The maximum absolute atomic E-state index is 12.8. The van der Waals surface area contributed by atoms with E-state index in [1.54, 1.807) is 18.3 Å². The van der Waals surface area contributed by atoms with E-state index in [-0.39, 0.29) is 5.91 Å². The Labute approximate surface area is 168 Å². The molecule has 0 fully saturated rings. The quantitative estimate of drug-likeness (QED) is 0.759. The third-order valence-electron chi connectivity index (χ3n) is 5.10. The van der Waals surface area contributed by atoms with Gasteiger partial charge in [0.2, 0.25) is 5.91 Å². The van der Waals surface area contributed by atoms with Gasteiger partial charge >= 0.3 is 0 Å². The van der Waals surface area contributed by atoms with Crippen molar-refractivity contribution in [3.05, 3.63) is 34.2 Å². The Morgan fingerprint density at radius 3 is 2.89 bits per heavy atom. The number of carbonyl (C=O) groups is 1. The summed E-state index contributed by atoms with van der Waals surface area (Å²) in [4.78, 5) is 14.0. The van der Waals surface area contributed by atoms with Crippen LogP contribution in [0.3, 0.4) is 0 Å². The summed E-state index contributed by atoms with van der Waals surface area (Å²) in [7, 11) is 0. The van der Waals surface area contributed by atoms with Crippen molar-refractivity contribution in [1.29, 1.82) is 5.26 Å². The molecule has 146 valence electrons. The Morgan fingerprint density at radius 2 is 2.04 bits per heavy atom. The zero-order valence-electron chi connectivity index (χ0n) is 15.8. The lowest BCUT2D eigenvalue weighted by atomic mass is 10.1. The molecule has 0 unspecified atom stereocenters. The molecule has 7 heteroatoms. The zero-order valence-corrected chi connectivity index (χ0v) is 16.7. The molecule has 0 saturated heterocycles. The minimum atomic E-state index is -0.495. The molecule has 2 heterocycles. The Balaban J connectivity index is 1.49. The number of aryl methyl sites for hydroxylation is 1. The van der Waals surface area contributed by atoms with Crippen molar-refractivity contribution in [2.75, 3.05) is 23.8 Å². The van der Waals surface area contributed by atoms with E-state index in [4.69, 9.17) is 9.47 Å². The number of nitrogens with zero attached hydrogens (tertiary/aromatic N) is 1. The van der Waals surface area contributed by atoms with Crippen molar-refractivity contribution < 1.29 is 14.3 Å². The molecule has 0 bridgehead atoms. The minimum Gasteiger partial charge on any atom is -0.486 e. The number of nitrogens with one attached hydrogen (secondary N) is 2. The van der Waals surface area contributed by atoms with Gasteiger partial charge in [0.15, 0.2) is 11.5 Å². The van der Waals surface area contributed by atoms with Gasteiger partial charge in [0.05, 0.1) is 11.3 Å². The Bertz CT molecular complexity index is 932. The fourth-order valence-electron chi connectivity index (χ4n) is 3.66. The summed E-state index contributed by atoms with van der Waals surface area (Å²) >= 11 is 1.55. The first kappa shape index (κ1) is 18.6. The standard InChI is InChI=1S/C21H23N3O3S/c1-13(23-16-7-5-8-17-19(16)27-11-10-26-17)20(25)24-21-15(12-22)14-6-3-2-4-9-18(14)28-21/h5,7-8,13,23H,2-4,6,9-11H2,1H3,(H,24,25)/t13-/m1/s1. The highest BCUT2D eigenvalue weighted by Crippen LogP contribution is 2.39. The number of rotatable bonds is 4. The van der Waals surface area contributed by atoms with Crippen LogP contribution in [-0.4, -0.2) is 25.2 Å². The molecule has 0 saturated carbocycles. The van der Waals surface area contributed by atoms with Crippen molar-refractivity contribution in [2.24, 2.45) is 0 Å². The molecule has 2 aromatic rings. The number of amides is 1. The van der Waals surface area contributed by atoms with E-state index in [1.165, 1.54) is 11.3 Å². The fourth-order valence-corrected chi connectivity index (χ4v) is 4.90. The van der Waals surface area contributed by atoms with Crippen molar-refractivity contribution >= 4 is 27.9 Å². The highest BCUT2D eigenvalue weighted by Gasteiger charge is 2.24. The maximum Gasteiger partial charge on any atom is 0.247 e. The van der Waals surface area contributed by atoms with Crippen LogP contribution in [0.4, 0.5) is 10.7 Å². The second kappa shape index (κ2) is 8.11. The first-order valence-corrected chi connectivity index (χ1v) is 10.5. The molecular weight excluding hydrogens is 374 g/mol. The van der Waals surface area contributed by atoms with Crippen LogP contribution in [0.15, 0.2) is 18.2 Å². The molecule has 2 aliphatic rings. The van der Waals surface area contributed by atoms with Gasteiger partial charge in [-0.2, -0.15) is 5.26 Å². The number of carbonyl (C=O) groups excluding carboxylic acids is 1. The number of hydrogen-bond acceptors (Lipinski definition) is 6. The molecule has 1 aromatic carbocycles. The normalized spacial score (nSPS) is 16.3. The number of ether oxygens (including phenoxy) is 2. The summed E-state index contributed by atoms with van der Waals surface area (Å²) in [5.41, 5.74) is 2.49. The Morgan fingerprint density at radius 1 is 1.21 bits per heavy atom. The van der Waals surface area contributed by atoms with Crippen LogP contribution >= 0.6 is 11.3 Å². The van der Waals surface area contributed by atoms with Crippen LogP contribution in [0.25, 0.3) is 0 Å². The van der Waals surface area contributed by atoms with Gasteiger partial charge in [-0.25, -0.2) is 0 Å². The minimum absolute atomic E-state index is 0.178. The molecule has 1 aliphatic carbocycles. The molecular formula is C21H23N3O3S. The second-order valence-corrected chi connectivity index (χ2v) is 8.17. The third-order valence-corrected chi connectivity index (χ3v) is 6.31. The fraction of sp³-hybridized carbons (Fsp3) is 0.429. The van der Waals surface area contributed by atoms with Crippen molar-refractivity contribution in [3.63, 3.8) is 0 Å². The molecule has 1 amide bonds. The lowest BCUT2D eigenvalue weighted by Gasteiger charge is -2.23. The van der Waals surface area contributed by atoms with Gasteiger partial charge in [-0.3, -0.25) is 4.79 Å². The first-order chi connectivity index (χ1) is 13.7. The van der Waals surface area contributed by atoms with Gasteiger partial charge < -0.3 is 20.1 Å². The first-order valence-electron chi connectivity index (χ1n) is 9.68. The molecule has 0 spiro atoms. The molecule has 2 N–H and O–H groups in total. The molecule has 6 nitrogen and oxygen atoms in total. The lowest BCUT2D eigenvalue weighted by Crippen LogP contribution is -2.32. The number of thiophene rings is 1. The summed E-state index contributed by atoms with van der Waals surface area (Å²) in [5.74, 6) is 1.13. The Hall–Kier alpha value is -2.72. The number of hydrogen-bond donors (Lipinski definition) is 2. The van der Waals surface area contributed by atoms with E-state index >= 15 is 0 Å². The molecule has 0 radical (unpaired) electrons. The van der Waals surface area contributed by atoms with Crippen LogP contribution in [-0.2, 0) is 17.6 Å². The van der Waals surface area contributed by atoms with Crippen LogP contribution < -0.4 is 20.1 Å². The average molecular weight is 398 g/mol. The summed E-state index contributed by atoms with van der Waals surface area (Å²) < 4.78 is 11.3. The van der Waals surface area contributed by atoms with Gasteiger partial charge in [0.1, 0.15) is 30.3 Å². The van der Waals surface area contributed by atoms with E-state index < -0.39 is 6.04 Å². The van der Waals surface area contributed by atoms with Gasteiger partial charge in [-0.15, -0.1) is 11.3 Å². The van der Waals surface area contributed by atoms with Gasteiger partial charge in [0, 0.05) is 4.88 Å². The van der Waals surface area contributed by atoms with Crippen LogP contribution in [0, 0.1) is 11.3 Å². The van der Waals surface area contributed by atoms with E-state index in [1.807, 2.05) is 18.2 Å². The Kier molecular flexibility index (Phi) is 5.40. The molecule has 1 aliphatic heterocycles. The van der Waals surface area contributed by atoms with Crippen LogP contribution in [0.1, 0.15) is 42.2 Å². The highest BCUT2D eigenvalue weighted by atomic mass is 32.1. The maximum atomic E-state index is 12.8. The van der Waals surface area contributed by atoms with Crippen molar-refractivity contribution in [1.82, 2.24) is 0 Å². The molecule has 4 rings (SSSR count). The summed E-state index contributed by atoms with van der Waals surface area (Å²) in [6.45, 7) is 2.80. The molecule has 1 aromatic heterocycles. The summed E-state index contributed by atoms with van der Waals surface area (Å²) in [6, 6.07) is 7.39. The van der Waals surface area contributed by atoms with Gasteiger partial charge in [-0.1, -0.05) is 12.5 Å². The third kappa shape index (κ3) is 3.65. The number of anilines is 2. The highest BCUT2D eigenvalue weighted by molar-refractivity contribution is 7.16. The second-order valence-electron chi connectivity index (χ2n) is 7.07. The zero-order chi connectivity index (χ0) is 19.5. The summed E-state index contributed by atoms with van der Waals surface area (Å²) in [5, 5.41) is 16.5. The predicted octanol–water partition coefficient (Wildman–Crippen LogP) is 4.10. The number of nitriles is 1. The lowest BCUT2D eigenvalue weighted by molar-refractivity contribution is -0.116. The van der Waals surface area contributed by atoms with Crippen molar-refractivity contribution in [3.8, 4) is 17.6 Å². The van der Waals surface area contributed by atoms with E-state index in [9.17, 15) is 10.1 Å². The van der Waals surface area contributed by atoms with Crippen LogP contribution in [0.5, 0.6) is 11.5 Å². The van der Waals surface area contributed by atoms with Gasteiger partial charge in [-0.05, 0) is 50.3 Å². The monoisotopic (exact) mass is 397 g/mol. The number of para-hydroxylation sites is 1. The smallest absolute Gasteiger partial charge is 0.247 e. The molecule has 1 atom stereocenters. The number of benzene rings is 1. The summed E-state index contributed by atoms with van der Waals surface area (Å²) in [6.07, 6.45) is 5.36. The largest absolute Gasteiger partial charge is 0.486 e. The van der Waals surface area contributed by atoms with Gasteiger partial charge in [0.25, 0.3) is 0 Å². The van der Waals surface area contributed by atoms with Crippen molar-refractivity contribution in [2.45, 2.75) is 45.1 Å². The topological polar surface area (TPSA) is 83.4 Å². The van der Waals surface area contributed by atoms with E-state index in [0.717, 1.165) is 36.9 Å². The van der Waals surface area contributed by atoms with E-state index in [2.05, 4.69) is 16.7 Å². The predicted molar refractivity (Wildman–Crippen MR) is 109 cm³/mol. The van der Waals surface area contributed by atoms with E-state index in [0.29, 0.717) is 35.3 Å². The average Bonchev–Trinajstić information content (AvgIpc) is 2.87. The molecule has 28 heavy (non-hydrogen) atoms.